The third-order valence-corrected chi connectivity index (χ3v) is 9.80. The Morgan fingerprint density at radius 1 is 0.277 bits per heavy atom. The van der Waals surface area contributed by atoms with Crippen molar-refractivity contribution in [2.45, 2.75) is 6.92 Å². The summed E-state index contributed by atoms with van der Waals surface area (Å²) in [6.07, 6.45) is 0. The van der Waals surface area contributed by atoms with Gasteiger partial charge in [0, 0.05) is 0 Å². The van der Waals surface area contributed by atoms with Gasteiger partial charge in [0.15, 0.2) is 0 Å². The van der Waals surface area contributed by atoms with Crippen molar-refractivity contribution in [1.82, 2.24) is 0 Å². The lowest BCUT2D eigenvalue weighted by Crippen LogP contribution is -1.93. The molecule has 9 aromatic carbocycles. The highest BCUT2D eigenvalue weighted by Gasteiger charge is 2.18. The highest BCUT2D eigenvalue weighted by atomic mass is 14.2. The normalized spacial score (nSPS) is 11.5. The standard InChI is InChI=1S/C47H32/c1-31-21-22-38(37-28-23-32-11-2-3-13-36(32)29-37)30-45(31)47-43-18-8-6-16-41(43)46(42-17-7-9-19-44(42)47)35-26-24-34(25-27-35)40-20-10-14-33-12-4-5-15-39(33)40/h2-30H,1H3. The van der Waals surface area contributed by atoms with Crippen molar-refractivity contribution < 1.29 is 0 Å². The highest BCUT2D eigenvalue weighted by Crippen LogP contribution is 2.45. The van der Waals surface area contributed by atoms with Gasteiger partial charge in [-0.1, -0.05) is 164 Å². The van der Waals surface area contributed by atoms with E-state index in [1.807, 2.05) is 0 Å². The second kappa shape index (κ2) is 11.1. The molecule has 220 valence electrons. The van der Waals surface area contributed by atoms with Crippen LogP contribution in [0.4, 0.5) is 0 Å². The van der Waals surface area contributed by atoms with Crippen molar-refractivity contribution in [2.24, 2.45) is 0 Å². The molecule has 0 N–H and O–H groups in total. The summed E-state index contributed by atoms with van der Waals surface area (Å²) < 4.78 is 0. The molecule has 0 radical (unpaired) electrons. The Morgan fingerprint density at radius 3 is 1.47 bits per heavy atom. The third kappa shape index (κ3) is 4.61. The van der Waals surface area contributed by atoms with Crippen molar-refractivity contribution in [2.75, 3.05) is 0 Å². The number of fused-ring (bicyclic) bond motifs is 4. The minimum Gasteiger partial charge on any atom is -0.0616 e. The first kappa shape index (κ1) is 27.3. The average molecular weight is 597 g/mol. The first-order valence-corrected chi connectivity index (χ1v) is 16.4. The molecule has 0 aliphatic carbocycles. The molecule has 9 aromatic rings. The molecule has 0 saturated heterocycles. The molecule has 0 atom stereocenters. The van der Waals surface area contributed by atoms with Crippen LogP contribution < -0.4 is 0 Å². The van der Waals surface area contributed by atoms with Gasteiger partial charge in [-0.2, -0.15) is 0 Å². The summed E-state index contributed by atoms with van der Waals surface area (Å²) in [7, 11) is 0. The van der Waals surface area contributed by atoms with Crippen molar-refractivity contribution >= 4 is 43.1 Å². The van der Waals surface area contributed by atoms with Crippen LogP contribution in [0.2, 0.25) is 0 Å². The minimum absolute atomic E-state index is 1.23. The van der Waals surface area contributed by atoms with E-state index in [-0.39, 0.29) is 0 Å². The summed E-state index contributed by atoms with van der Waals surface area (Å²) in [4.78, 5) is 0. The van der Waals surface area contributed by atoms with E-state index in [0.29, 0.717) is 0 Å². The van der Waals surface area contributed by atoms with E-state index in [1.165, 1.54) is 93.2 Å². The van der Waals surface area contributed by atoms with Gasteiger partial charge in [0.25, 0.3) is 0 Å². The average Bonchev–Trinajstić information content (AvgIpc) is 3.14. The van der Waals surface area contributed by atoms with Gasteiger partial charge in [0.1, 0.15) is 0 Å². The molecule has 0 nitrogen and oxygen atoms in total. The number of hydrogen-bond acceptors (Lipinski definition) is 0. The molecule has 9 rings (SSSR count). The van der Waals surface area contributed by atoms with Gasteiger partial charge >= 0.3 is 0 Å². The lowest BCUT2D eigenvalue weighted by atomic mass is 9.84. The maximum absolute atomic E-state index is 2.40. The second-order valence-corrected chi connectivity index (χ2v) is 12.5. The van der Waals surface area contributed by atoms with Gasteiger partial charge in [0.05, 0.1) is 0 Å². The van der Waals surface area contributed by atoms with E-state index in [1.54, 1.807) is 0 Å². The SMILES string of the molecule is Cc1ccc(-c2ccc3ccccc3c2)cc1-c1c2ccccc2c(-c2ccc(-c3cccc4ccccc34)cc2)c2ccccc12. The van der Waals surface area contributed by atoms with Crippen molar-refractivity contribution in [3.63, 3.8) is 0 Å². The molecule has 0 amide bonds. The Morgan fingerprint density at radius 2 is 0.766 bits per heavy atom. The van der Waals surface area contributed by atoms with E-state index in [2.05, 4.69) is 183 Å². The molecule has 0 spiro atoms. The van der Waals surface area contributed by atoms with Crippen molar-refractivity contribution in [1.29, 1.82) is 0 Å². The van der Waals surface area contributed by atoms with E-state index >= 15 is 0 Å². The highest BCUT2D eigenvalue weighted by molar-refractivity contribution is 6.21. The first-order chi connectivity index (χ1) is 23.2. The Labute approximate surface area is 275 Å². The smallest absolute Gasteiger partial charge is 0.00235 e. The van der Waals surface area contributed by atoms with Crippen LogP contribution in [0.25, 0.3) is 87.6 Å². The molecular weight excluding hydrogens is 565 g/mol. The summed E-state index contributed by atoms with van der Waals surface area (Å²) in [5, 5.41) is 10.2. The first-order valence-electron chi connectivity index (χ1n) is 16.4. The maximum Gasteiger partial charge on any atom is -0.00235 e. The lowest BCUT2D eigenvalue weighted by molar-refractivity contribution is 1.47. The predicted molar refractivity (Wildman–Crippen MR) is 203 cm³/mol. The summed E-state index contributed by atoms with van der Waals surface area (Å²) in [6, 6.07) is 64.6. The van der Waals surface area contributed by atoms with Gasteiger partial charge < -0.3 is 0 Å². The van der Waals surface area contributed by atoms with E-state index in [4.69, 9.17) is 0 Å². The minimum atomic E-state index is 1.23. The Bertz CT molecular complexity index is 2560. The van der Waals surface area contributed by atoms with Crippen molar-refractivity contribution in [3.8, 4) is 44.5 Å². The molecular formula is C47H32. The molecule has 0 bridgehead atoms. The molecule has 0 saturated carbocycles. The van der Waals surface area contributed by atoms with Crippen LogP contribution in [0.15, 0.2) is 176 Å². The van der Waals surface area contributed by atoms with Crippen LogP contribution in [-0.4, -0.2) is 0 Å². The second-order valence-electron chi connectivity index (χ2n) is 12.5. The zero-order chi connectivity index (χ0) is 31.3. The fourth-order valence-corrected chi connectivity index (χ4v) is 7.46. The quantitative estimate of drug-likeness (QED) is 0.177. The van der Waals surface area contributed by atoms with Crippen molar-refractivity contribution in [3.05, 3.63) is 181 Å². The van der Waals surface area contributed by atoms with Gasteiger partial charge in [-0.05, 0) is 112 Å². The Kier molecular flexibility index (Phi) is 6.47. The molecule has 0 fully saturated rings. The van der Waals surface area contributed by atoms with Gasteiger partial charge in [-0.15, -0.1) is 0 Å². The zero-order valence-corrected chi connectivity index (χ0v) is 26.2. The van der Waals surface area contributed by atoms with Crippen LogP contribution in [0.1, 0.15) is 5.56 Å². The van der Waals surface area contributed by atoms with Crippen LogP contribution in [-0.2, 0) is 0 Å². The Hall–Kier alpha value is -5.98. The van der Waals surface area contributed by atoms with Crippen LogP contribution in [0, 0.1) is 6.92 Å². The number of aryl methyl sites for hydroxylation is 1. The van der Waals surface area contributed by atoms with Gasteiger partial charge in [-0.25, -0.2) is 0 Å². The number of hydrogen-bond donors (Lipinski definition) is 0. The van der Waals surface area contributed by atoms with E-state index in [0.717, 1.165) is 0 Å². The van der Waals surface area contributed by atoms with Crippen LogP contribution >= 0.6 is 0 Å². The maximum atomic E-state index is 2.40. The van der Waals surface area contributed by atoms with Crippen LogP contribution in [0.3, 0.4) is 0 Å². The molecule has 0 aliphatic rings. The molecule has 0 unspecified atom stereocenters. The van der Waals surface area contributed by atoms with E-state index in [9.17, 15) is 0 Å². The molecule has 0 heteroatoms. The monoisotopic (exact) mass is 596 g/mol. The topological polar surface area (TPSA) is 0 Å². The summed E-state index contributed by atoms with van der Waals surface area (Å²) in [5.74, 6) is 0. The molecule has 0 heterocycles. The molecule has 47 heavy (non-hydrogen) atoms. The molecule has 0 aliphatic heterocycles. The zero-order valence-electron chi connectivity index (χ0n) is 26.2. The fraction of sp³-hybridized carbons (Fsp3) is 0.0213. The van der Waals surface area contributed by atoms with Gasteiger partial charge in [0.2, 0.25) is 0 Å². The van der Waals surface area contributed by atoms with E-state index < -0.39 is 0 Å². The fourth-order valence-electron chi connectivity index (χ4n) is 7.46. The predicted octanol–water partition coefficient (Wildman–Crippen LogP) is 13.3. The third-order valence-electron chi connectivity index (χ3n) is 9.80. The van der Waals surface area contributed by atoms with Gasteiger partial charge in [-0.3, -0.25) is 0 Å². The van der Waals surface area contributed by atoms with Crippen LogP contribution in [0.5, 0.6) is 0 Å². The number of benzene rings is 9. The molecule has 0 aromatic heterocycles. The Balaban J connectivity index is 1.24. The summed E-state index contributed by atoms with van der Waals surface area (Å²) >= 11 is 0. The summed E-state index contributed by atoms with van der Waals surface area (Å²) in [6.45, 7) is 2.24. The lowest BCUT2D eigenvalue weighted by Gasteiger charge is -2.19. The number of rotatable bonds is 4. The largest absolute Gasteiger partial charge is 0.0616 e. The summed E-state index contributed by atoms with van der Waals surface area (Å²) in [5.41, 5.74) is 11.3.